The number of hydrogen-bond acceptors (Lipinski definition) is 4. The van der Waals surface area contributed by atoms with Crippen molar-refractivity contribution >= 4 is 5.91 Å². The Labute approximate surface area is 178 Å². The molecule has 2 heterocycles. The maximum absolute atomic E-state index is 12.8. The molecule has 5 nitrogen and oxygen atoms in total. The van der Waals surface area contributed by atoms with E-state index in [1.807, 2.05) is 6.07 Å². The summed E-state index contributed by atoms with van der Waals surface area (Å²) in [5, 5.41) is 3.25. The molecule has 2 aromatic carbocycles. The lowest BCUT2D eigenvalue weighted by Crippen LogP contribution is -2.47. The van der Waals surface area contributed by atoms with Crippen molar-refractivity contribution in [1.82, 2.24) is 10.2 Å². The van der Waals surface area contributed by atoms with E-state index in [9.17, 15) is 4.79 Å². The van der Waals surface area contributed by atoms with Crippen molar-refractivity contribution in [2.24, 2.45) is 0 Å². The van der Waals surface area contributed by atoms with E-state index in [0.717, 1.165) is 50.3 Å². The van der Waals surface area contributed by atoms with Crippen LogP contribution in [0.5, 0.6) is 11.5 Å². The molecule has 1 saturated carbocycles. The molecule has 0 bridgehead atoms. The monoisotopic (exact) mass is 406 g/mol. The van der Waals surface area contributed by atoms with E-state index in [-0.39, 0.29) is 17.4 Å². The number of nitrogens with one attached hydrogen (secondary N) is 1. The molecule has 1 atom stereocenters. The van der Waals surface area contributed by atoms with Crippen molar-refractivity contribution in [3.05, 3.63) is 59.7 Å². The quantitative estimate of drug-likeness (QED) is 0.792. The lowest BCUT2D eigenvalue weighted by atomic mass is 9.64. The maximum atomic E-state index is 12.8. The first-order valence-corrected chi connectivity index (χ1v) is 11.2. The van der Waals surface area contributed by atoms with Crippen LogP contribution in [0, 0.1) is 0 Å². The number of carbonyl (C=O) groups is 1. The van der Waals surface area contributed by atoms with E-state index in [1.165, 1.54) is 17.5 Å². The molecule has 1 saturated heterocycles. The van der Waals surface area contributed by atoms with Crippen LogP contribution in [0.1, 0.15) is 49.3 Å². The van der Waals surface area contributed by atoms with Crippen molar-refractivity contribution < 1.29 is 14.3 Å². The first kappa shape index (κ1) is 19.4. The van der Waals surface area contributed by atoms with E-state index < -0.39 is 0 Å². The van der Waals surface area contributed by atoms with Crippen LogP contribution >= 0.6 is 0 Å². The lowest BCUT2D eigenvalue weighted by molar-refractivity contribution is -0.123. The summed E-state index contributed by atoms with van der Waals surface area (Å²) in [6.45, 7) is 3.33. The Morgan fingerprint density at radius 3 is 2.60 bits per heavy atom. The average Bonchev–Trinajstić information content (AvgIpc) is 3.21. The fourth-order valence-electron chi connectivity index (χ4n) is 5.13. The Bertz CT molecular complexity index is 895. The number of likely N-dealkylation sites (tertiary alicyclic amines) is 1. The molecular weight excluding hydrogens is 376 g/mol. The minimum Gasteiger partial charge on any atom is -0.486 e. The van der Waals surface area contributed by atoms with Gasteiger partial charge in [-0.25, -0.2) is 0 Å². The molecule has 0 radical (unpaired) electrons. The highest BCUT2D eigenvalue weighted by Gasteiger charge is 2.39. The van der Waals surface area contributed by atoms with Gasteiger partial charge in [0, 0.05) is 18.0 Å². The summed E-state index contributed by atoms with van der Waals surface area (Å²) in [6, 6.07) is 17.1. The summed E-state index contributed by atoms with van der Waals surface area (Å²) in [5.74, 6) is 1.77. The van der Waals surface area contributed by atoms with Gasteiger partial charge in [0.25, 0.3) is 0 Å². The molecule has 0 aromatic heterocycles. The van der Waals surface area contributed by atoms with Crippen molar-refractivity contribution in [3.8, 4) is 11.5 Å². The van der Waals surface area contributed by atoms with Crippen molar-refractivity contribution in [2.45, 2.75) is 43.6 Å². The molecule has 1 unspecified atom stereocenters. The van der Waals surface area contributed by atoms with Crippen molar-refractivity contribution in [2.75, 3.05) is 32.8 Å². The Hall–Kier alpha value is -2.53. The van der Waals surface area contributed by atoms with E-state index in [2.05, 4.69) is 52.7 Å². The molecule has 2 fully saturated rings. The normalized spacial score (nSPS) is 22.3. The minimum atomic E-state index is 0.122. The molecule has 5 rings (SSSR count). The van der Waals surface area contributed by atoms with Crippen LogP contribution in [0.2, 0.25) is 0 Å². The Morgan fingerprint density at radius 2 is 1.83 bits per heavy atom. The van der Waals surface area contributed by atoms with Gasteiger partial charge in [0.05, 0.1) is 6.54 Å². The minimum absolute atomic E-state index is 0.122. The maximum Gasteiger partial charge on any atom is 0.234 e. The van der Waals surface area contributed by atoms with Crippen molar-refractivity contribution in [3.63, 3.8) is 0 Å². The predicted octanol–water partition coefficient (Wildman–Crippen LogP) is 3.83. The third kappa shape index (κ3) is 3.79. The smallest absolute Gasteiger partial charge is 0.234 e. The van der Waals surface area contributed by atoms with E-state index in [1.54, 1.807) is 0 Å². The summed E-state index contributed by atoms with van der Waals surface area (Å²) in [4.78, 5) is 15.1. The number of carbonyl (C=O) groups excluding carboxylic acids is 1. The van der Waals surface area contributed by atoms with Gasteiger partial charge in [0.1, 0.15) is 13.2 Å². The highest BCUT2D eigenvalue weighted by Crippen LogP contribution is 2.43. The van der Waals surface area contributed by atoms with E-state index in [0.29, 0.717) is 19.8 Å². The third-order valence-electron chi connectivity index (χ3n) is 6.98. The molecule has 30 heavy (non-hydrogen) atoms. The van der Waals surface area contributed by atoms with Crippen LogP contribution in [0.25, 0.3) is 0 Å². The summed E-state index contributed by atoms with van der Waals surface area (Å²) in [6.07, 6.45) is 5.73. The molecule has 3 aliphatic rings. The van der Waals surface area contributed by atoms with Gasteiger partial charge in [0.2, 0.25) is 5.91 Å². The first-order chi connectivity index (χ1) is 14.7. The van der Waals surface area contributed by atoms with Crippen LogP contribution in [0.4, 0.5) is 0 Å². The zero-order valence-corrected chi connectivity index (χ0v) is 17.4. The highest BCUT2D eigenvalue weighted by atomic mass is 16.6. The second-order valence-corrected chi connectivity index (χ2v) is 8.81. The van der Waals surface area contributed by atoms with Crippen molar-refractivity contribution in [1.29, 1.82) is 0 Å². The second-order valence-electron chi connectivity index (χ2n) is 8.81. The molecule has 0 spiro atoms. The third-order valence-corrected chi connectivity index (χ3v) is 6.98. The van der Waals surface area contributed by atoms with Gasteiger partial charge in [-0.2, -0.15) is 0 Å². The zero-order valence-electron chi connectivity index (χ0n) is 17.4. The Kier molecular flexibility index (Phi) is 5.38. The number of rotatable bonds is 6. The summed E-state index contributed by atoms with van der Waals surface area (Å²) < 4.78 is 11.4. The summed E-state index contributed by atoms with van der Waals surface area (Å²) in [7, 11) is 0. The number of hydrogen-bond donors (Lipinski definition) is 1. The molecule has 5 heteroatoms. The fraction of sp³-hybridized carbons (Fsp3) is 0.480. The van der Waals surface area contributed by atoms with Crippen LogP contribution in [0.15, 0.2) is 48.5 Å². The number of benzene rings is 2. The molecule has 2 aliphatic heterocycles. The molecule has 1 aliphatic carbocycles. The highest BCUT2D eigenvalue weighted by molar-refractivity contribution is 5.78. The SMILES string of the molecule is O=C(CN1CCCC1c1ccc2c(c1)OCCO2)NCC1(c2ccccc2)CCC1. The Morgan fingerprint density at radius 1 is 1.03 bits per heavy atom. The number of nitrogens with zero attached hydrogens (tertiary/aromatic N) is 1. The van der Waals surface area contributed by atoms with Gasteiger partial charge >= 0.3 is 0 Å². The van der Waals surface area contributed by atoms with Gasteiger partial charge in [0.15, 0.2) is 11.5 Å². The second kappa shape index (κ2) is 8.31. The van der Waals surface area contributed by atoms with Crippen LogP contribution in [-0.2, 0) is 10.2 Å². The average molecular weight is 407 g/mol. The topological polar surface area (TPSA) is 50.8 Å². The number of ether oxygens (including phenoxy) is 2. The van der Waals surface area contributed by atoms with Gasteiger partial charge in [-0.1, -0.05) is 42.8 Å². The fourth-order valence-corrected chi connectivity index (χ4v) is 5.13. The van der Waals surface area contributed by atoms with Crippen LogP contribution in [-0.4, -0.2) is 43.7 Å². The summed E-state index contributed by atoms with van der Waals surface area (Å²) in [5.41, 5.74) is 2.69. The van der Waals surface area contributed by atoms with Crippen LogP contribution in [0.3, 0.4) is 0 Å². The predicted molar refractivity (Wildman–Crippen MR) is 116 cm³/mol. The molecular formula is C25H30N2O3. The molecule has 2 aromatic rings. The standard InChI is InChI=1S/C25H30N2O3/c28-24(26-18-25(11-5-12-25)20-6-2-1-3-7-20)17-27-13-4-8-21(27)19-9-10-22-23(16-19)30-15-14-29-22/h1-3,6-7,9-10,16,21H,4-5,8,11-15,17-18H2,(H,26,28). The van der Waals surface area contributed by atoms with Gasteiger partial charge in [-0.3, -0.25) is 9.69 Å². The van der Waals surface area contributed by atoms with E-state index >= 15 is 0 Å². The number of amides is 1. The van der Waals surface area contributed by atoms with Gasteiger partial charge < -0.3 is 14.8 Å². The largest absolute Gasteiger partial charge is 0.486 e. The number of fused-ring (bicyclic) bond motifs is 1. The van der Waals surface area contributed by atoms with E-state index in [4.69, 9.17) is 9.47 Å². The lowest BCUT2D eigenvalue weighted by Gasteiger charge is -2.42. The molecule has 1 N–H and O–H groups in total. The van der Waals surface area contributed by atoms with Crippen LogP contribution < -0.4 is 14.8 Å². The molecule has 158 valence electrons. The van der Waals surface area contributed by atoms with Gasteiger partial charge in [-0.05, 0) is 55.5 Å². The first-order valence-electron chi connectivity index (χ1n) is 11.2. The van der Waals surface area contributed by atoms with Gasteiger partial charge in [-0.15, -0.1) is 0 Å². The Balaban J connectivity index is 1.21. The molecule has 1 amide bonds. The summed E-state index contributed by atoms with van der Waals surface area (Å²) >= 11 is 0. The zero-order chi connectivity index (χ0) is 20.4.